The first-order chi connectivity index (χ1) is 9.45. The molecule has 0 spiro atoms. The summed E-state index contributed by atoms with van der Waals surface area (Å²) in [5.41, 5.74) is 3.82. The van der Waals surface area contributed by atoms with Crippen LogP contribution in [0.3, 0.4) is 0 Å². The van der Waals surface area contributed by atoms with E-state index < -0.39 is 0 Å². The molecular formula is C19H13Y3-3. The van der Waals surface area contributed by atoms with E-state index in [9.17, 15) is 0 Å². The van der Waals surface area contributed by atoms with E-state index in [4.69, 9.17) is 0 Å². The maximum absolute atomic E-state index is 3.08. The Labute approximate surface area is 208 Å². The zero-order valence-electron chi connectivity index (χ0n) is 12.2. The van der Waals surface area contributed by atoms with Gasteiger partial charge in [0.2, 0.25) is 0 Å². The van der Waals surface area contributed by atoms with Gasteiger partial charge in [-0.15, -0.1) is 16.7 Å². The van der Waals surface area contributed by atoms with Gasteiger partial charge in [0, 0.05) is 98.1 Å². The molecule has 0 unspecified atom stereocenters. The zero-order valence-corrected chi connectivity index (χ0v) is 20.8. The fourth-order valence-corrected chi connectivity index (χ4v) is 2.35. The van der Waals surface area contributed by atoms with E-state index in [2.05, 4.69) is 54.6 Å². The van der Waals surface area contributed by atoms with Crippen molar-refractivity contribution in [3.8, 4) is 0 Å². The second-order valence-electron chi connectivity index (χ2n) is 4.43. The van der Waals surface area contributed by atoms with Crippen molar-refractivity contribution >= 4 is 0 Å². The predicted octanol–water partition coefficient (Wildman–Crippen LogP) is 4.26. The van der Waals surface area contributed by atoms with Gasteiger partial charge in [-0.1, -0.05) is 0 Å². The summed E-state index contributed by atoms with van der Waals surface area (Å²) in [6.45, 7) is 0. The predicted molar refractivity (Wildman–Crippen MR) is 76.8 cm³/mol. The van der Waals surface area contributed by atoms with Crippen LogP contribution < -0.4 is 0 Å². The van der Waals surface area contributed by atoms with Crippen LogP contribution in [0.4, 0.5) is 0 Å². The molecular weight excluding hydrogens is 495 g/mol. The molecule has 3 aromatic carbocycles. The maximum atomic E-state index is 3.08. The first-order valence-corrected chi connectivity index (χ1v) is 6.33. The zero-order chi connectivity index (χ0) is 12.9. The second kappa shape index (κ2) is 12.4. The van der Waals surface area contributed by atoms with Gasteiger partial charge in [-0.05, 0) is 5.92 Å². The molecule has 0 saturated carbocycles. The topological polar surface area (TPSA) is 0 Å². The van der Waals surface area contributed by atoms with E-state index in [-0.39, 0.29) is 104 Å². The molecule has 0 atom stereocenters. The van der Waals surface area contributed by atoms with Crippen molar-refractivity contribution < 1.29 is 98.1 Å². The van der Waals surface area contributed by atoms with Crippen molar-refractivity contribution in [1.82, 2.24) is 0 Å². The summed E-state index contributed by atoms with van der Waals surface area (Å²) in [6, 6.07) is 33.8. The van der Waals surface area contributed by atoms with Gasteiger partial charge in [-0.3, -0.25) is 0 Å². The van der Waals surface area contributed by atoms with E-state index in [1.165, 1.54) is 16.7 Å². The molecule has 0 fully saturated rings. The summed E-state index contributed by atoms with van der Waals surface area (Å²) in [5.74, 6) is 0.249. The second-order valence-corrected chi connectivity index (χ2v) is 4.43. The van der Waals surface area contributed by atoms with Gasteiger partial charge in [0.1, 0.15) is 0 Å². The Morgan fingerprint density at radius 1 is 0.455 bits per heavy atom. The number of hydrogen-bond donors (Lipinski definition) is 0. The van der Waals surface area contributed by atoms with Crippen LogP contribution in [0.1, 0.15) is 22.6 Å². The van der Waals surface area contributed by atoms with Crippen LogP contribution in [0.2, 0.25) is 0 Å². The summed E-state index contributed by atoms with van der Waals surface area (Å²) < 4.78 is 0. The molecule has 0 aliphatic rings. The molecule has 0 saturated heterocycles. The van der Waals surface area contributed by atoms with Gasteiger partial charge >= 0.3 is 0 Å². The Bertz CT molecular complexity index is 531. The summed E-state index contributed by atoms with van der Waals surface area (Å²) >= 11 is 0. The Morgan fingerprint density at radius 2 is 0.682 bits per heavy atom. The van der Waals surface area contributed by atoms with Crippen molar-refractivity contribution in [3.05, 3.63) is 108 Å². The van der Waals surface area contributed by atoms with E-state index in [0.29, 0.717) is 0 Å². The molecule has 0 N–H and O–H groups in total. The summed E-state index contributed by atoms with van der Waals surface area (Å²) in [5, 5.41) is 0. The van der Waals surface area contributed by atoms with Gasteiger partial charge in [-0.2, -0.15) is 91.0 Å². The van der Waals surface area contributed by atoms with Gasteiger partial charge in [-0.25, -0.2) is 0 Å². The van der Waals surface area contributed by atoms with E-state index in [0.717, 1.165) is 0 Å². The van der Waals surface area contributed by atoms with Crippen LogP contribution in [0.5, 0.6) is 0 Å². The fraction of sp³-hybridized carbons (Fsp3) is 0.0526. The molecule has 3 aromatic rings. The monoisotopic (exact) mass is 508 g/mol. The smallest absolute Gasteiger partial charge is 0 e. The van der Waals surface area contributed by atoms with Crippen LogP contribution in [0.15, 0.2) is 72.8 Å². The molecule has 0 amide bonds. The SMILES string of the molecule is [Y].[Y].[Y].[c-]1ccc(C(c2cc[c-]cc2)c2cc[c-]cc2)cc1. The van der Waals surface area contributed by atoms with Gasteiger partial charge in [0.25, 0.3) is 0 Å². The maximum Gasteiger partial charge on any atom is 0 e. The minimum atomic E-state index is 0. The van der Waals surface area contributed by atoms with E-state index >= 15 is 0 Å². The Kier molecular flexibility index (Phi) is 12.9. The van der Waals surface area contributed by atoms with E-state index in [1.54, 1.807) is 0 Å². The molecule has 0 aromatic heterocycles. The van der Waals surface area contributed by atoms with Crippen molar-refractivity contribution in [2.75, 3.05) is 0 Å². The fourth-order valence-electron chi connectivity index (χ4n) is 2.35. The van der Waals surface area contributed by atoms with Crippen molar-refractivity contribution in [3.63, 3.8) is 0 Å². The van der Waals surface area contributed by atoms with Crippen LogP contribution in [0, 0.1) is 18.2 Å². The van der Waals surface area contributed by atoms with Crippen LogP contribution in [0.25, 0.3) is 0 Å². The van der Waals surface area contributed by atoms with Crippen molar-refractivity contribution in [2.24, 2.45) is 0 Å². The van der Waals surface area contributed by atoms with Crippen molar-refractivity contribution in [1.29, 1.82) is 0 Å². The van der Waals surface area contributed by atoms with Gasteiger partial charge in [0.05, 0.1) is 0 Å². The Morgan fingerprint density at radius 3 is 0.909 bits per heavy atom. The molecule has 3 heteroatoms. The third-order valence-electron chi connectivity index (χ3n) is 3.23. The summed E-state index contributed by atoms with van der Waals surface area (Å²) in [6.07, 6.45) is 0. The molecule has 3 radical (unpaired) electrons. The molecule has 0 aliphatic carbocycles. The first-order valence-electron chi connectivity index (χ1n) is 6.33. The molecule has 22 heavy (non-hydrogen) atoms. The minimum absolute atomic E-state index is 0. The molecule has 0 heterocycles. The summed E-state index contributed by atoms with van der Waals surface area (Å²) in [7, 11) is 0. The third-order valence-corrected chi connectivity index (χ3v) is 3.23. The van der Waals surface area contributed by atoms with Crippen LogP contribution in [-0.4, -0.2) is 0 Å². The minimum Gasteiger partial charge on any atom is -0.184 e. The van der Waals surface area contributed by atoms with Crippen LogP contribution >= 0.6 is 0 Å². The number of benzene rings is 3. The molecule has 0 nitrogen and oxygen atoms in total. The standard InChI is InChI=1S/C19H13.3Y/c1-4-10-16(11-5-1)19(17-12-6-2-7-13-17)18-14-8-3-9-15-18;;;/h4-15,19H;;;/q-3;;;. The average molecular weight is 508 g/mol. The van der Waals surface area contributed by atoms with E-state index in [1.807, 2.05) is 36.4 Å². The Hall–Kier alpha value is 0.972. The summed E-state index contributed by atoms with van der Waals surface area (Å²) in [4.78, 5) is 0. The van der Waals surface area contributed by atoms with Gasteiger partial charge in [0.15, 0.2) is 0 Å². The largest absolute Gasteiger partial charge is 0.184 e. The van der Waals surface area contributed by atoms with Gasteiger partial charge < -0.3 is 0 Å². The molecule has 101 valence electrons. The normalized spacial score (nSPS) is 9.14. The molecule has 0 bridgehead atoms. The van der Waals surface area contributed by atoms with Crippen molar-refractivity contribution in [2.45, 2.75) is 5.92 Å². The molecule has 3 rings (SSSR count). The molecule has 0 aliphatic heterocycles. The average Bonchev–Trinajstić information content (AvgIpc) is 2.51. The third kappa shape index (κ3) is 6.12. The number of hydrogen-bond acceptors (Lipinski definition) is 0. The Balaban J connectivity index is 0.00000147. The quantitative estimate of drug-likeness (QED) is 0.367. The number of rotatable bonds is 3. The first kappa shape index (κ1) is 23.0. The van der Waals surface area contributed by atoms with Crippen LogP contribution in [-0.2, 0) is 98.1 Å².